The summed E-state index contributed by atoms with van der Waals surface area (Å²) in [4.78, 5) is 31.6. The highest BCUT2D eigenvalue weighted by atomic mass is 16.2. The van der Waals surface area contributed by atoms with Crippen LogP contribution in [0.4, 0.5) is 5.69 Å². The van der Waals surface area contributed by atoms with Gasteiger partial charge in [0.25, 0.3) is 0 Å². The van der Waals surface area contributed by atoms with Gasteiger partial charge in [0.1, 0.15) is 6.07 Å². The van der Waals surface area contributed by atoms with Gasteiger partial charge >= 0.3 is 0 Å². The number of nitrogens with one attached hydrogen (secondary N) is 1. The van der Waals surface area contributed by atoms with Crippen molar-refractivity contribution in [3.63, 3.8) is 0 Å². The van der Waals surface area contributed by atoms with Crippen molar-refractivity contribution in [3.8, 4) is 6.07 Å². The van der Waals surface area contributed by atoms with E-state index in [0.717, 1.165) is 10.9 Å². The van der Waals surface area contributed by atoms with Crippen LogP contribution in [0.25, 0.3) is 10.9 Å². The molecule has 3 rings (SSSR count). The molecule has 2 aromatic rings. The van der Waals surface area contributed by atoms with E-state index >= 15 is 0 Å². The number of anilines is 1. The van der Waals surface area contributed by atoms with Gasteiger partial charge in [0.15, 0.2) is 0 Å². The van der Waals surface area contributed by atoms with Crippen molar-refractivity contribution in [2.45, 2.75) is 13.3 Å². The topological polar surface area (TPSA) is 89.3 Å². The number of para-hydroxylation sites is 1. The summed E-state index contributed by atoms with van der Waals surface area (Å²) in [5.74, 6) is 0.102. The van der Waals surface area contributed by atoms with Crippen LogP contribution in [-0.4, -0.2) is 59.3 Å². The maximum Gasteiger partial charge on any atom is 0.224 e. The van der Waals surface area contributed by atoms with E-state index < -0.39 is 0 Å². The summed E-state index contributed by atoms with van der Waals surface area (Å²) in [6.07, 6.45) is 1.88. The molecule has 0 saturated carbocycles. The first-order valence-corrected chi connectivity index (χ1v) is 8.65. The fraction of sp³-hybridized carbons (Fsp3) is 0.368. The number of nitriles is 1. The van der Waals surface area contributed by atoms with Crippen LogP contribution in [0, 0.1) is 11.3 Å². The molecule has 7 heteroatoms. The molecule has 134 valence electrons. The third-order valence-corrected chi connectivity index (χ3v) is 4.61. The Bertz CT molecular complexity index is 866. The zero-order chi connectivity index (χ0) is 18.5. The van der Waals surface area contributed by atoms with Gasteiger partial charge in [0.05, 0.1) is 16.8 Å². The normalized spacial score (nSPS) is 14.2. The number of piperazine rings is 1. The van der Waals surface area contributed by atoms with Gasteiger partial charge in [0, 0.05) is 57.7 Å². The molecule has 1 aromatic heterocycles. The molecule has 0 atom stereocenters. The number of hydrogen-bond donors (Lipinski definition) is 1. The number of pyridine rings is 1. The van der Waals surface area contributed by atoms with Crippen LogP contribution >= 0.6 is 0 Å². The molecule has 0 unspecified atom stereocenters. The summed E-state index contributed by atoms with van der Waals surface area (Å²) in [5.41, 5.74) is 1.99. The highest BCUT2D eigenvalue weighted by molar-refractivity contribution is 5.94. The minimum Gasteiger partial charge on any atom is -0.383 e. The summed E-state index contributed by atoms with van der Waals surface area (Å²) in [6, 6.07) is 9.75. The number of carbonyl (C=O) groups excluding carboxylic acids is 2. The fourth-order valence-electron chi connectivity index (χ4n) is 3.14. The van der Waals surface area contributed by atoms with E-state index in [1.165, 1.54) is 0 Å². The van der Waals surface area contributed by atoms with Gasteiger partial charge in [-0.15, -0.1) is 0 Å². The van der Waals surface area contributed by atoms with Crippen molar-refractivity contribution < 1.29 is 9.59 Å². The molecule has 2 heterocycles. The van der Waals surface area contributed by atoms with Crippen LogP contribution in [0.15, 0.2) is 30.5 Å². The minimum atomic E-state index is 0.0485. The number of aromatic nitrogens is 1. The first-order chi connectivity index (χ1) is 12.6. The van der Waals surface area contributed by atoms with Crippen LogP contribution in [0.1, 0.15) is 18.9 Å². The smallest absolute Gasteiger partial charge is 0.224 e. The van der Waals surface area contributed by atoms with E-state index in [4.69, 9.17) is 0 Å². The molecule has 2 amide bonds. The monoisotopic (exact) mass is 351 g/mol. The van der Waals surface area contributed by atoms with E-state index in [-0.39, 0.29) is 11.8 Å². The van der Waals surface area contributed by atoms with E-state index in [0.29, 0.717) is 50.4 Å². The maximum absolute atomic E-state index is 12.4. The first-order valence-electron chi connectivity index (χ1n) is 8.65. The third-order valence-electron chi connectivity index (χ3n) is 4.61. The highest BCUT2D eigenvalue weighted by Gasteiger charge is 2.22. The van der Waals surface area contributed by atoms with Gasteiger partial charge in [-0.25, -0.2) is 0 Å². The molecular formula is C19H21N5O2. The quantitative estimate of drug-likeness (QED) is 0.904. The predicted octanol–water partition coefficient (Wildman–Crippen LogP) is 1.60. The standard InChI is InChI=1S/C19H21N5O2/c1-14(25)23-8-10-24(11-9-23)18(26)6-7-21-19-15(12-20)13-22-17-5-3-2-4-16(17)19/h2-5,13H,6-11H2,1H3,(H,21,22). The van der Waals surface area contributed by atoms with Crippen molar-refractivity contribution in [3.05, 3.63) is 36.0 Å². The Labute approximate surface area is 152 Å². The Hall–Kier alpha value is -3.14. The van der Waals surface area contributed by atoms with Crippen molar-refractivity contribution in [1.29, 1.82) is 5.26 Å². The van der Waals surface area contributed by atoms with E-state index in [1.54, 1.807) is 22.9 Å². The first kappa shape index (κ1) is 17.7. The summed E-state index contributed by atoms with van der Waals surface area (Å²) in [7, 11) is 0. The predicted molar refractivity (Wildman–Crippen MR) is 98.4 cm³/mol. The lowest BCUT2D eigenvalue weighted by Gasteiger charge is -2.34. The molecule has 0 spiro atoms. The molecule has 1 fully saturated rings. The Balaban J connectivity index is 1.60. The van der Waals surface area contributed by atoms with E-state index in [9.17, 15) is 14.9 Å². The summed E-state index contributed by atoms with van der Waals surface area (Å²) in [6.45, 7) is 4.30. The lowest BCUT2D eigenvalue weighted by molar-refractivity contribution is -0.138. The lowest BCUT2D eigenvalue weighted by atomic mass is 10.1. The Morgan fingerprint density at radius 2 is 1.88 bits per heavy atom. The molecule has 0 aliphatic carbocycles. The minimum absolute atomic E-state index is 0.0485. The number of carbonyl (C=O) groups is 2. The summed E-state index contributed by atoms with van der Waals surface area (Å²) in [5, 5.41) is 13.4. The van der Waals surface area contributed by atoms with Crippen LogP contribution < -0.4 is 5.32 Å². The zero-order valence-corrected chi connectivity index (χ0v) is 14.7. The molecule has 1 aromatic carbocycles. The number of rotatable bonds is 4. The zero-order valence-electron chi connectivity index (χ0n) is 14.7. The number of fused-ring (bicyclic) bond motifs is 1. The molecule has 1 saturated heterocycles. The van der Waals surface area contributed by atoms with Crippen molar-refractivity contribution in [2.24, 2.45) is 0 Å². The van der Waals surface area contributed by atoms with Crippen molar-refractivity contribution >= 4 is 28.4 Å². The van der Waals surface area contributed by atoms with E-state index in [2.05, 4.69) is 16.4 Å². The van der Waals surface area contributed by atoms with Crippen LogP contribution in [0.2, 0.25) is 0 Å². The van der Waals surface area contributed by atoms with Gasteiger partial charge in [0.2, 0.25) is 11.8 Å². The van der Waals surface area contributed by atoms with Gasteiger partial charge < -0.3 is 15.1 Å². The van der Waals surface area contributed by atoms with Crippen molar-refractivity contribution in [2.75, 3.05) is 38.0 Å². The lowest BCUT2D eigenvalue weighted by Crippen LogP contribution is -2.50. The van der Waals surface area contributed by atoms with Crippen LogP contribution in [-0.2, 0) is 9.59 Å². The number of benzene rings is 1. The molecule has 26 heavy (non-hydrogen) atoms. The third kappa shape index (κ3) is 3.75. The average Bonchev–Trinajstić information content (AvgIpc) is 2.68. The Morgan fingerprint density at radius 1 is 1.19 bits per heavy atom. The molecule has 0 bridgehead atoms. The van der Waals surface area contributed by atoms with Gasteiger partial charge in [-0.1, -0.05) is 18.2 Å². The SMILES string of the molecule is CC(=O)N1CCN(C(=O)CCNc2c(C#N)cnc3ccccc23)CC1. The van der Waals surface area contributed by atoms with Crippen molar-refractivity contribution in [1.82, 2.24) is 14.8 Å². The summed E-state index contributed by atoms with van der Waals surface area (Å²) < 4.78 is 0. The van der Waals surface area contributed by atoms with Gasteiger partial charge in [-0.3, -0.25) is 14.6 Å². The fourth-order valence-corrected chi connectivity index (χ4v) is 3.14. The Kier molecular flexibility index (Phi) is 5.32. The maximum atomic E-state index is 12.4. The van der Waals surface area contributed by atoms with E-state index in [1.807, 2.05) is 24.3 Å². The molecule has 1 N–H and O–H groups in total. The number of nitrogens with zero attached hydrogens (tertiary/aromatic N) is 4. The molecular weight excluding hydrogens is 330 g/mol. The van der Waals surface area contributed by atoms with Gasteiger partial charge in [-0.05, 0) is 6.07 Å². The average molecular weight is 351 g/mol. The Morgan fingerprint density at radius 3 is 2.58 bits per heavy atom. The highest BCUT2D eigenvalue weighted by Crippen LogP contribution is 2.25. The van der Waals surface area contributed by atoms with Crippen LogP contribution in [0.3, 0.4) is 0 Å². The van der Waals surface area contributed by atoms with Crippen LogP contribution in [0.5, 0.6) is 0 Å². The van der Waals surface area contributed by atoms with Gasteiger partial charge in [-0.2, -0.15) is 5.26 Å². The number of hydrogen-bond acceptors (Lipinski definition) is 5. The molecule has 0 radical (unpaired) electrons. The second-order valence-corrected chi connectivity index (χ2v) is 6.24. The largest absolute Gasteiger partial charge is 0.383 e. The molecule has 1 aliphatic rings. The molecule has 7 nitrogen and oxygen atoms in total. The number of amides is 2. The second kappa shape index (κ2) is 7.83. The molecule has 1 aliphatic heterocycles. The second-order valence-electron chi connectivity index (χ2n) is 6.24. The summed E-state index contributed by atoms with van der Waals surface area (Å²) >= 11 is 0.